The smallest absolute Gasteiger partial charge is 0.251 e. The molecule has 5 rings (SSSR count). The lowest BCUT2D eigenvalue weighted by atomic mass is 10.1. The molecule has 11 heteroatoms. The van der Waals surface area contributed by atoms with E-state index in [1.165, 1.54) is 11.0 Å². The highest BCUT2D eigenvalue weighted by Gasteiger charge is 2.17. The van der Waals surface area contributed by atoms with E-state index in [9.17, 15) is 8.42 Å². The van der Waals surface area contributed by atoms with Crippen LogP contribution in [0.25, 0.3) is 44.3 Å². The highest BCUT2D eigenvalue weighted by Crippen LogP contribution is 2.26. The standard InChI is InChI=1S/C23H16N8O2S/c1-24-19-11-9-16(10-12-19)20-27-21(18-8-7-15-5-3-4-6-17(15)13-18)29-23(28-20)31-22(25-14-26-31)30-34(2,32)33/h3-14H,2H3,(H,25,26,30). The molecule has 34 heavy (non-hydrogen) atoms. The van der Waals surface area contributed by atoms with E-state index in [2.05, 4.69) is 34.6 Å². The third-order valence-corrected chi connectivity index (χ3v) is 5.45. The van der Waals surface area contributed by atoms with Gasteiger partial charge in [0, 0.05) is 11.1 Å². The van der Waals surface area contributed by atoms with E-state index in [0.29, 0.717) is 22.9 Å². The third-order valence-electron chi connectivity index (χ3n) is 4.90. The monoisotopic (exact) mass is 468 g/mol. The molecule has 0 unspecified atom stereocenters. The highest BCUT2D eigenvalue weighted by atomic mass is 32.2. The summed E-state index contributed by atoms with van der Waals surface area (Å²) in [6.45, 7) is 7.16. The van der Waals surface area contributed by atoms with Crippen LogP contribution in [0.4, 0.5) is 11.6 Å². The van der Waals surface area contributed by atoms with Crippen molar-refractivity contribution in [2.24, 2.45) is 0 Å². The Kier molecular flexibility index (Phi) is 5.19. The summed E-state index contributed by atoms with van der Waals surface area (Å²) in [6, 6.07) is 20.6. The Morgan fingerprint density at radius 2 is 1.56 bits per heavy atom. The van der Waals surface area contributed by atoms with Gasteiger partial charge in [-0.1, -0.05) is 60.7 Å². The molecule has 5 aromatic rings. The summed E-state index contributed by atoms with van der Waals surface area (Å²) in [5.41, 5.74) is 1.90. The molecule has 2 heterocycles. The maximum atomic E-state index is 11.8. The minimum absolute atomic E-state index is 0.0486. The van der Waals surface area contributed by atoms with Crippen molar-refractivity contribution < 1.29 is 8.42 Å². The van der Waals surface area contributed by atoms with Crippen molar-refractivity contribution in [1.29, 1.82) is 0 Å². The number of fused-ring (bicyclic) bond motifs is 1. The van der Waals surface area contributed by atoms with Crippen LogP contribution in [0, 0.1) is 6.57 Å². The molecule has 166 valence electrons. The van der Waals surface area contributed by atoms with Gasteiger partial charge in [0.05, 0.1) is 12.8 Å². The van der Waals surface area contributed by atoms with Crippen molar-refractivity contribution in [3.8, 4) is 28.7 Å². The average molecular weight is 469 g/mol. The first kappa shape index (κ1) is 21.2. The van der Waals surface area contributed by atoms with Gasteiger partial charge < -0.3 is 0 Å². The average Bonchev–Trinajstić information content (AvgIpc) is 3.30. The molecule has 0 atom stereocenters. The number of benzene rings is 3. The lowest BCUT2D eigenvalue weighted by Crippen LogP contribution is -2.16. The summed E-state index contributed by atoms with van der Waals surface area (Å²) in [5, 5.41) is 6.20. The zero-order chi connectivity index (χ0) is 23.7. The lowest BCUT2D eigenvalue weighted by Gasteiger charge is -2.10. The fourth-order valence-corrected chi connectivity index (χ4v) is 3.83. The molecule has 0 amide bonds. The molecule has 0 spiro atoms. The predicted molar refractivity (Wildman–Crippen MR) is 128 cm³/mol. The third kappa shape index (κ3) is 4.30. The molecule has 0 aliphatic heterocycles. The van der Waals surface area contributed by atoms with Gasteiger partial charge >= 0.3 is 0 Å². The van der Waals surface area contributed by atoms with E-state index in [1.54, 1.807) is 24.3 Å². The molecule has 0 fully saturated rings. The van der Waals surface area contributed by atoms with E-state index in [4.69, 9.17) is 6.57 Å². The fraction of sp³-hybridized carbons (Fsp3) is 0.0435. The number of nitrogens with one attached hydrogen (secondary N) is 1. The van der Waals surface area contributed by atoms with Crippen LogP contribution >= 0.6 is 0 Å². The Morgan fingerprint density at radius 3 is 2.26 bits per heavy atom. The van der Waals surface area contributed by atoms with Gasteiger partial charge in [0.15, 0.2) is 17.3 Å². The van der Waals surface area contributed by atoms with Crippen molar-refractivity contribution in [3.05, 3.63) is 84.5 Å². The second-order valence-electron chi connectivity index (χ2n) is 7.37. The van der Waals surface area contributed by atoms with Gasteiger partial charge in [0.2, 0.25) is 16.0 Å². The summed E-state index contributed by atoms with van der Waals surface area (Å²) in [4.78, 5) is 21.1. The molecule has 0 bridgehead atoms. The Bertz CT molecular complexity index is 1670. The van der Waals surface area contributed by atoms with E-state index in [1.807, 2.05) is 42.5 Å². The summed E-state index contributed by atoms with van der Waals surface area (Å²) in [6.07, 6.45) is 2.22. The summed E-state index contributed by atoms with van der Waals surface area (Å²) in [7, 11) is -3.61. The van der Waals surface area contributed by atoms with E-state index >= 15 is 0 Å². The molecule has 0 radical (unpaired) electrons. The largest absolute Gasteiger partial charge is 0.257 e. The van der Waals surface area contributed by atoms with Crippen LogP contribution in [-0.4, -0.2) is 44.4 Å². The topological polar surface area (TPSA) is 120 Å². The molecule has 2 aromatic heterocycles. The van der Waals surface area contributed by atoms with Crippen LogP contribution in [0.1, 0.15) is 0 Å². The molecule has 0 aliphatic rings. The zero-order valence-electron chi connectivity index (χ0n) is 17.8. The molecular weight excluding hydrogens is 452 g/mol. The summed E-state index contributed by atoms with van der Waals surface area (Å²) < 4.78 is 27.1. The van der Waals surface area contributed by atoms with Crippen LogP contribution in [0.3, 0.4) is 0 Å². The molecular formula is C23H16N8O2S. The minimum Gasteiger partial charge on any atom is -0.251 e. The normalized spacial score (nSPS) is 11.3. The van der Waals surface area contributed by atoms with Crippen LogP contribution in [0.5, 0.6) is 0 Å². The van der Waals surface area contributed by atoms with Crippen LogP contribution in [0.2, 0.25) is 0 Å². The van der Waals surface area contributed by atoms with Gasteiger partial charge in [-0.05, 0) is 16.8 Å². The van der Waals surface area contributed by atoms with Gasteiger partial charge in [-0.25, -0.2) is 18.2 Å². The minimum atomic E-state index is -3.61. The Morgan fingerprint density at radius 1 is 0.882 bits per heavy atom. The molecule has 0 saturated heterocycles. The first-order valence-corrected chi connectivity index (χ1v) is 11.9. The number of sulfonamides is 1. The Hall–Kier alpha value is -4.69. The van der Waals surface area contributed by atoms with Crippen molar-refractivity contribution in [3.63, 3.8) is 0 Å². The van der Waals surface area contributed by atoms with Crippen LogP contribution in [-0.2, 0) is 10.0 Å². The van der Waals surface area contributed by atoms with E-state index < -0.39 is 10.0 Å². The maximum Gasteiger partial charge on any atom is 0.257 e. The van der Waals surface area contributed by atoms with Gasteiger partial charge in [-0.2, -0.15) is 24.7 Å². The van der Waals surface area contributed by atoms with Crippen molar-refractivity contribution in [1.82, 2.24) is 29.7 Å². The van der Waals surface area contributed by atoms with Gasteiger partial charge in [0.25, 0.3) is 5.95 Å². The number of rotatable bonds is 5. The number of nitrogens with zero attached hydrogens (tertiary/aromatic N) is 7. The zero-order valence-corrected chi connectivity index (χ0v) is 18.6. The maximum absolute atomic E-state index is 11.8. The quantitative estimate of drug-likeness (QED) is 0.389. The second kappa shape index (κ2) is 8.34. The van der Waals surface area contributed by atoms with Crippen LogP contribution in [0.15, 0.2) is 73.1 Å². The predicted octanol–water partition coefficient (Wildman–Crippen LogP) is 3.86. The number of aromatic nitrogens is 6. The van der Waals surface area contributed by atoms with Gasteiger partial charge in [0.1, 0.15) is 6.33 Å². The molecule has 3 aromatic carbocycles. The highest BCUT2D eigenvalue weighted by molar-refractivity contribution is 7.92. The SMILES string of the molecule is [C-]#[N+]c1ccc(-c2nc(-c3ccc4ccccc4c3)nc(-n3ncnc3NS(C)(=O)=O)n2)cc1. The summed E-state index contributed by atoms with van der Waals surface area (Å²) >= 11 is 0. The first-order chi connectivity index (χ1) is 16.4. The molecule has 1 N–H and O–H groups in total. The van der Waals surface area contributed by atoms with Crippen molar-refractivity contribution >= 4 is 32.4 Å². The van der Waals surface area contributed by atoms with E-state index in [-0.39, 0.29) is 11.9 Å². The Balaban J connectivity index is 1.70. The van der Waals surface area contributed by atoms with Gasteiger partial charge in [-0.15, -0.1) is 0 Å². The first-order valence-electron chi connectivity index (χ1n) is 10.0. The summed E-state index contributed by atoms with van der Waals surface area (Å²) in [5.74, 6) is 0.754. The number of anilines is 1. The van der Waals surface area contributed by atoms with E-state index in [0.717, 1.165) is 22.6 Å². The lowest BCUT2D eigenvalue weighted by molar-refractivity contribution is 0.606. The molecule has 0 saturated carbocycles. The number of hydrogen-bond acceptors (Lipinski definition) is 7. The second-order valence-corrected chi connectivity index (χ2v) is 9.12. The van der Waals surface area contributed by atoms with Crippen LogP contribution < -0.4 is 4.72 Å². The van der Waals surface area contributed by atoms with Gasteiger partial charge in [-0.3, -0.25) is 4.72 Å². The number of hydrogen-bond donors (Lipinski definition) is 1. The molecule has 10 nitrogen and oxygen atoms in total. The fourth-order valence-electron chi connectivity index (χ4n) is 3.35. The molecule has 0 aliphatic carbocycles. The Labute approximate surface area is 194 Å². The van der Waals surface area contributed by atoms with Crippen molar-refractivity contribution in [2.75, 3.05) is 11.0 Å². The van der Waals surface area contributed by atoms with Crippen molar-refractivity contribution in [2.45, 2.75) is 0 Å².